The van der Waals surface area contributed by atoms with Crippen molar-refractivity contribution in [1.29, 1.82) is 0 Å². The maximum Gasteiger partial charge on any atom is 0.295 e. The summed E-state index contributed by atoms with van der Waals surface area (Å²) in [6.45, 7) is 9.63. The van der Waals surface area contributed by atoms with Gasteiger partial charge in [0.05, 0.1) is 16.5 Å². The number of ketones is 1. The van der Waals surface area contributed by atoms with E-state index in [1.165, 1.54) is 24.3 Å². The highest BCUT2D eigenvalue weighted by Gasteiger charge is 2.45. The molecule has 8 nitrogen and oxygen atoms in total. The zero-order valence-corrected chi connectivity index (χ0v) is 22.7. The van der Waals surface area contributed by atoms with Crippen LogP contribution in [0.25, 0.3) is 5.76 Å². The maximum atomic E-state index is 13.3. The van der Waals surface area contributed by atoms with E-state index in [1.807, 2.05) is 24.3 Å². The molecular formula is C30H39N3O5. The van der Waals surface area contributed by atoms with E-state index in [4.69, 9.17) is 0 Å². The fourth-order valence-electron chi connectivity index (χ4n) is 4.85. The number of aliphatic hydroxyl groups is 1. The fraction of sp³-hybridized carbons (Fsp3) is 0.467. The van der Waals surface area contributed by atoms with Crippen LogP contribution in [-0.4, -0.2) is 57.7 Å². The van der Waals surface area contributed by atoms with Gasteiger partial charge in [0.15, 0.2) is 0 Å². The Bertz CT molecular complexity index is 1130. The van der Waals surface area contributed by atoms with Gasteiger partial charge in [-0.3, -0.25) is 19.7 Å². The molecule has 0 unspecified atom stereocenters. The van der Waals surface area contributed by atoms with Gasteiger partial charge in [-0.2, -0.15) is 0 Å². The number of hydrogen-bond donors (Lipinski definition) is 1. The van der Waals surface area contributed by atoms with Gasteiger partial charge in [0.1, 0.15) is 5.76 Å². The van der Waals surface area contributed by atoms with Crippen LogP contribution in [0, 0.1) is 10.1 Å². The zero-order chi connectivity index (χ0) is 27.7. The van der Waals surface area contributed by atoms with E-state index in [2.05, 4.69) is 25.7 Å². The normalized spacial score (nSPS) is 16.9. The average Bonchev–Trinajstić information content (AvgIpc) is 3.18. The molecule has 1 heterocycles. The number of benzene rings is 2. The van der Waals surface area contributed by atoms with Gasteiger partial charge in [-0.1, -0.05) is 57.9 Å². The van der Waals surface area contributed by atoms with Crippen molar-refractivity contribution in [2.24, 2.45) is 0 Å². The number of aliphatic hydroxyl groups excluding tert-OH is 1. The molecule has 8 heteroatoms. The minimum absolute atomic E-state index is 0.0157. The van der Waals surface area contributed by atoms with Crippen molar-refractivity contribution in [2.45, 2.75) is 65.3 Å². The Kier molecular flexibility index (Phi) is 10.6. The van der Waals surface area contributed by atoms with Gasteiger partial charge < -0.3 is 14.9 Å². The highest BCUT2D eigenvalue weighted by Crippen LogP contribution is 2.39. The molecule has 1 saturated heterocycles. The van der Waals surface area contributed by atoms with Crippen molar-refractivity contribution < 1.29 is 19.6 Å². The maximum absolute atomic E-state index is 13.3. The summed E-state index contributed by atoms with van der Waals surface area (Å²) in [5, 5.41) is 22.3. The van der Waals surface area contributed by atoms with Crippen LogP contribution in [0.5, 0.6) is 0 Å². The highest BCUT2D eigenvalue weighted by atomic mass is 16.6. The van der Waals surface area contributed by atoms with Crippen LogP contribution in [0.15, 0.2) is 54.1 Å². The van der Waals surface area contributed by atoms with E-state index in [-0.39, 0.29) is 22.6 Å². The molecule has 0 spiro atoms. The fourth-order valence-corrected chi connectivity index (χ4v) is 4.85. The second-order valence-electron chi connectivity index (χ2n) is 9.79. The van der Waals surface area contributed by atoms with E-state index in [0.29, 0.717) is 13.0 Å². The first kappa shape index (κ1) is 29.0. The quantitative estimate of drug-likeness (QED) is 0.110. The van der Waals surface area contributed by atoms with Gasteiger partial charge in [0.2, 0.25) is 0 Å². The monoisotopic (exact) mass is 521 g/mol. The van der Waals surface area contributed by atoms with Crippen LogP contribution in [0.2, 0.25) is 0 Å². The Hall–Kier alpha value is -3.52. The molecule has 0 bridgehead atoms. The lowest BCUT2D eigenvalue weighted by molar-refractivity contribution is -0.384. The SMILES string of the molecule is CCCCN(CCCC)CCCN1C(=O)C(=O)C(=C(O)c2ccc([N+](=O)[O-])cc2)[C@H]1c1ccc(CC)cc1. The summed E-state index contributed by atoms with van der Waals surface area (Å²) in [5.74, 6) is -1.69. The molecule has 1 N–H and O–H groups in total. The third-order valence-corrected chi connectivity index (χ3v) is 7.12. The number of Topliss-reactive ketones (excluding diaryl/α,β-unsaturated/α-hetero) is 1. The number of non-ortho nitro benzene ring substituents is 1. The van der Waals surface area contributed by atoms with E-state index < -0.39 is 22.7 Å². The van der Waals surface area contributed by atoms with Crippen molar-refractivity contribution in [3.05, 3.63) is 80.9 Å². The minimum atomic E-state index is -0.737. The first-order chi connectivity index (χ1) is 18.3. The van der Waals surface area contributed by atoms with Crippen LogP contribution in [0.1, 0.15) is 75.6 Å². The summed E-state index contributed by atoms with van der Waals surface area (Å²) in [6.07, 6.45) is 6.04. The van der Waals surface area contributed by atoms with Crippen LogP contribution < -0.4 is 0 Å². The lowest BCUT2D eigenvalue weighted by Crippen LogP contribution is -2.34. The van der Waals surface area contributed by atoms with Crippen LogP contribution in [-0.2, 0) is 16.0 Å². The topological polar surface area (TPSA) is 104 Å². The number of nitro benzene ring substituents is 1. The number of carbonyl (C=O) groups excluding carboxylic acids is 2. The number of aryl methyl sites for hydroxylation is 1. The van der Waals surface area contributed by atoms with Crippen LogP contribution in [0.3, 0.4) is 0 Å². The predicted octanol–water partition coefficient (Wildman–Crippen LogP) is 5.87. The average molecular weight is 522 g/mol. The van der Waals surface area contributed by atoms with Gasteiger partial charge in [0.25, 0.3) is 17.4 Å². The third-order valence-electron chi connectivity index (χ3n) is 7.12. The molecular weight excluding hydrogens is 482 g/mol. The number of rotatable bonds is 14. The van der Waals surface area contributed by atoms with Gasteiger partial charge in [-0.05, 0) is 68.6 Å². The van der Waals surface area contributed by atoms with Crippen molar-refractivity contribution in [1.82, 2.24) is 9.80 Å². The van der Waals surface area contributed by atoms with Gasteiger partial charge in [0, 0.05) is 24.2 Å². The largest absolute Gasteiger partial charge is 0.507 e. The number of carbonyl (C=O) groups is 2. The molecule has 38 heavy (non-hydrogen) atoms. The number of nitrogens with zero attached hydrogens (tertiary/aromatic N) is 3. The number of unbranched alkanes of at least 4 members (excludes halogenated alkanes) is 2. The van der Waals surface area contributed by atoms with E-state index in [1.54, 1.807) is 4.90 Å². The second kappa shape index (κ2) is 13.9. The lowest BCUT2D eigenvalue weighted by atomic mass is 9.94. The van der Waals surface area contributed by atoms with Crippen LogP contribution in [0.4, 0.5) is 5.69 Å². The number of hydrogen-bond acceptors (Lipinski definition) is 6. The molecule has 1 aliphatic heterocycles. The molecule has 0 radical (unpaired) electrons. The molecule has 3 rings (SSSR count). The summed E-state index contributed by atoms with van der Waals surface area (Å²) < 4.78 is 0. The summed E-state index contributed by atoms with van der Waals surface area (Å²) in [5.41, 5.74) is 2.03. The molecule has 1 atom stereocenters. The van der Waals surface area contributed by atoms with Crippen molar-refractivity contribution >= 4 is 23.1 Å². The Morgan fingerprint density at radius 1 is 0.921 bits per heavy atom. The van der Waals surface area contributed by atoms with Crippen molar-refractivity contribution in [3.63, 3.8) is 0 Å². The molecule has 2 aromatic rings. The number of likely N-dealkylation sites (tertiary alicyclic amines) is 1. The summed E-state index contributed by atoms with van der Waals surface area (Å²) in [7, 11) is 0. The molecule has 0 saturated carbocycles. The lowest BCUT2D eigenvalue weighted by Gasteiger charge is -2.27. The van der Waals surface area contributed by atoms with E-state index in [9.17, 15) is 24.8 Å². The van der Waals surface area contributed by atoms with E-state index in [0.717, 1.165) is 62.9 Å². The molecule has 1 amide bonds. The van der Waals surface area contributed by atoms with Crippen LogP contribution >= 0.6 is 0 Å². The standard InChI is InChI=1S/C30H39N3O5/c1-4-7-18-31(19-8-5-2)20-9-21-32-27(23-12-10-22(6-3)11-13-23)26(29(35)30(32)36)28(34)24-14-16-25(17-15-24)33(37)38/h10-17,27,34H,4-9,18-21H2,1-3H3/t27-/m1/s1. The Labute approximate surface area is 225 Å². The number of amides is 1. The van der Waals surface area contributed by atoms with E-state index >= 15 is 0 Å². The molecule has 1 aliphatic rings. The first-order valence-electron chi connectivity index (χ1n) is 13.7. The molecule has 0 aliphatic carbocycles. The third kappa shape index (κ3) is 6.86. The van der Waals surface area contributed by atoms with Gasteiger partial charge in [-0.15, -0.1) is 0 Å². The van der Waals surface area contributed by atoms with Crippen molar-refractivity contribution in [3.8, 4) is 0 Å². The smallest absolute Gasteiger partial charge is 0.295 e. The highest BCUT2D eigenvalue weighted by molar-refractivity contribution is 6.46. The predicted molar refractivity (Wildman–Crippen MR) is 149 cm³/mol. The molecule has 0 aromatic heterocycles. The molecule has 204 valence electrons. The Morgan fingerprint density at radius 2 is 1.50 bits per heavy atom. The second-order valence-corrected chi connectivity index (χ2v) is 9.79. The Morgan fingerprint density at radius 3 is 2.03 bits per heavy atom. The van der Waals surface area contributed by atoms with Crippen molar-refractivity contribution in [2.75, 3.05) is 26.2 Å². The Balaban J connectivity index is 1.94. The first-order valence-corrected chi connectivity index (χ1v) is 13.7. The van der Waals surface area contributed by atoms with Gasteiger partial charge >= 0.3 is 0 Å². The number of nitro groups is 1. The minimum Gasteiger partial charge on any atom is -0.507 e. The summed E-state index contributed by atoms with van der Waals surface area (Å²) >= 11 is 0. The zero-order valence-electron chi connectivity index (χ0n) is 22.7. The van der Waals surface area contributed by atoms with Gasteiger partial charge in [-0.25, -0.2) is 0 Å². The molecule has 2 aromatic carbocycles. The summed E-state index contributed by atoms with van der Waals surface area (Å²) in [4.78, 5) is 41.0. The summed E-state index contributed by atoms with van der Waals surface area (Å²) in [6, 6.07) is 12.4. The molecule has 1 fully saturated rings.